The number of aliphatic hydroxyl groups excluding tert-OH is 1. The van der Waals surface area contributed by atoms with Crippen LogP contribution in [0, 0.1) is 0 Å². The topological polar surface area (TPSA) is 38.7 Å². The van der Waals surface area contributed by atoms with Crippen LogP contribution >= 0.6 is 0 Å². The van der Waals surface area contributed by atoms with Crippen molar-refractivity contribution in [3.63, 3.8) is 0 Å². The number of fused-ring (bicyclic) bond motifs is 2. The van der Waals surface area contributed by atoms with Gasteiger partial charge in [0.25, 0.3) is 0 Å². The van der Waals surface area contributed by atoms with Crippen molar-refractivity contribution in [2.75, 3.05) is 20.3 Å². The Bertz CT molecular complexity index is 248. The molecule has 0 aromatic rings. The molecule has 2 rings (SSSR count). The number of rotatable bonds is 3. The Kier molecular flexibility index (Phi) is 3.17. The standard InChI is InChI=1S/C11H20O3Se/c1-10-5-4-8(14-10)11(2,7-12)15-9(10)6-13-3/h8-9,12H,4-7H2,1-3H3/t8-,9+,10+,11-/m1/s1. The first-order valence-electron chi connectivity index (χ1n) is 5.49. The van der Waals surface area contributed by atoms with Gasteiger partial charge in [-0.05, 0) is 0 Å². The first-order chi connectivity index (χ1) is 7.04. The van der Waals surface area contributed by atoms with E-state index in [0.717, 1.165) is 19.4 Å². The molecule has 4 heteroatoms. The molecule has 2 bridgehead atoms. The van der Waals surface area contributed by atoms with E-state index in [-0.39, 0.29) is 22.6 Å². The van der Waals surface area contributed by atoms with Gasteiger partial charge in [0.1, 0.15) is 0 Å². The maximum absolute atomic E-state index is 9.54. The molecular weight excluding hydrogens is 259 g/mol. The van der Waals surface area contributed by atoms with Gasteiger partial charge >= 0.3 is 97.4 Å². The second kappa shape index (κ2) is 4.01. The summed E-state index contributed by atoms with van der Waals surface area (Å²) in [5.41, 5.74) is 0.00928. The quantitative estimate of drug-likeness (QED) is 0.790. The second-order valence-corrected chi connectivity index (χ2v) is 8.64. The minimum absolute atomic E-state index is 0.00773. The summed E-state index contributed by atoms with van der Waals surface area (Å²) in [5, 5.41) is 9.54. The van der Waals surface area contributed by atoms with Gasteiger partial charge in [-0.2, -0.15) is 0 Å². The molecule has 2 saturated heterocycles. The fourth-order valence-corrected chi connectivity index (χ4v) is 6.06. The SMILES string of the molecule is COC[C@@H]1[Se][C@](C)(CO)[C@H]2CC[C@]1(C)O2. The monoisotopic (exact) mass is 280 g/mol. The molecule has 1 N–H and O–H groups in total. The van der Waals surface area contributed by atoms with E-state index in [9.17, 15) is 5.11 Å². The molecule has 2 aliphatic heterocycles. The zero-order chi connectivity index (χ0) is 11.1. The molecule has 4 atom stereocenters. The van der Waals surface area contributed by atoms with Crippen LogP contribution in [0.2, 0.25) is 9.13 Å². The average molecular weight is 279 g/mol. The van der Waals surface area contributed by atoms with Crippen LogP contribution in [0.1, 0.15) is 26.7 Å². The number of hydrogen-bond donors (Lipinski definition) is 1. The Balaban J connectivity index is 2.18. The Labute approximate surface area is 97.7 Å². The van der Waals surface area contributed by atoms with Crippen LogP contribution in [0.25, 0.3) is 0 Å². The van der Waals surface area contributed by atoms with Gasteiger partial charge in [-0.1, -0.05) is 0 Å². The molecular formula is C11H20O3Se. The van der Waals surface area contributed by atoms with Gasteiger partial charge in [-0.25, -0.2) is 0 Å². The second-order valence-electron chi connectivity index (χ2n) is 4.99. The van der Waals surface area contributed by atoms with Crippen molar-refractivity contribution in [1.29, 1.82) is 0 Å². The summed E-state index contributed by atoms with van der Waals surface area (Å²) in [7, 11) is 1.75. The van der Waals surface area contributed by atoms with Crippen molar-refractivity contribution in [3.05, 3.63) is 0 Å². The van der Waals surface area contributed by atoms with E-state index in [0.29, 0.717) is 19.8 Å². The molecule has 0 radical (unpaired) electrons. The summed E-state index contributed by atoms with van der Waals surface area (Å²) in [6.45, 7) is 5.37. The summed E-state index contributed by atoms with van der Waals surface area (Å²) < 4.78 is 11.4. The van der Waals surface area contributed by atoms with Crippen molar-refractivity contribution >= 4 is 15.0 Å². The molecule has 0 aromatic carbocycles. The summed E-state index contributed by atoms with van der Waals surface area (Å²) in [6, 6.07) is 0. The van der Waals surface area contributed by atoms with E-state index in [1.165, 1.54) is 0 Å². The molecule has 0 unspecified atom stereocenters. The molecule has 0 aromatic heterocycles. The Morgan fingerprint density at radius 1 is 1.53 bits per heavy atom. The third-order valence-corrected chi connectivity index (χ3v) is 7.60. The van der Waals surface area contributed by atoms with Crippen molar-refractivity contribution < 1.29 is 14.6 Å². The number of hydrogen-bond acceptors (Lipinski definition) is 3. The van der Waals surface area contributed by atoms with Gasteiger partial charge in [0.05, 0.1) is 0 Å². The molecule has 0 spiro atoms. The molecule has 88 valence electrons. The predicted molar refractivity (Wildman–Crippen MR) is 59.3 cm³/mol. The Hall–Kier alpha value is 0.399. The fourth-order valence-electron chi connectivity index (χ4n) is 2.55. The zero-order valence-electron chi connectivity index (χ0n) is 9.66. The van der Waals surface area contributed by atoms with Crippen LogP contribution in [-0.2, 0) is 9.47 Å². The molecule has 3 nitrogen and oxygen atoms in total. The van der Waals surface area contributed by atoms with Crippen molar-refractivity contribution in [2.24, 2.45) is 0 Å². The molecule has 2 heterocycles. The minimum atomic E-state index is -0.00773. The summed E-state index contributed by atoms with van der Waals surface area (Å²) in [4.78, 5) is 0.478. The van der Waals surface area contributed by atoms with Crippen molar-refractivity contribution in [2.45, 2.75) is 47.5 Å². The number of ether oxygens (including phenoxy) is 2. The Morgan fingerprint density at radius 2 is 2.27 bits per heavy atom. The first kappa shape index (κ1) is 11.9. The van der Waals surface area contributed by atoms with Crippen LogP contribution in [0.15, 0.2) is 0 Å². The van der Waals surface area contributed by atoms with E-state index < -0.39 is 0 Å². The van der Waals surface area contributed by atoms with Crippen LogP contribution in [0.5, 0.6) is 0 Å². The molecule has 15 heavy (non-hydrogen) atoms. The maximum atomic E-state index is 9.54. The van der Waals surface area contributed by atoms with Gasteiger partial charge in [-0.3, -0.25) is 0 Å². The van der Waals surface area contributed by atoms with Crippen molar-refractivity contribution in [3.8, 4) is 0 Å². The summed E-state index contributed by atoms with van der Waals surface area (Å²) in [5.74, 6) is 0. The predicted octanol–water partition coefficient (Wildman–Crippen LogP) is 1.25. The van der Waals surface area contributed by atoms with Gasteiger partial charge in [-0.15, -0.1) is 0 Å². The van der Waals surface area contributed by atoms with Crippen molar-refractivity contribution in [1.82, 2.24) is 0 Å². The van der Waals surface area contributed by atoms with E-state index in [1.54, 1.807) is 7.11 Å². The van der Waals surface area contributed by atoms with Gasteiger partial charge < -0.3 is 0 Å². The van der Waals surface area contributed by atoms with Gasteiger partial charge in [0.2, 0.25) is 0 Å². The molecule has 0 amide bonds. The van der Waals surface area contributed by atoms with E-state index in [1.807, 2.05) is 0 Å². The molecule has 0 saturated carbocycles. The van der Waals surface area contributed by atoms with Crippen LogP contribution in [0.4, 0.5) is 0 Å². The number of aliphatic hydroxyl groups is 1. The zero-order valence-corrected chi connectivity index (χ0v) is 11.4. The summed E-state index contributed by atoms with van der Waals surface area (Å²) in [6.07, 6.45) is 2.47. The van der Waals surface area contributed by atoms with E-state index >= 15 is 0 Å². The molecule has 2 fully saturated rings. The van der Waals surface area contributed by atoms with E-state index in [4.69, 9.17) is 9.47 Å². The third kappa shape index (κ3) is 1.87. The van der Waals surface area contributed by atoms with Crippen LogP contribution in [-0.4, -0.2) is 52.1 Å². The van der Waals surface area contributed by atoms with Gasteiger partial charge in [0.15, 0.2) is 0 Å². The van der Waals surface area contributed by atoms with Crippen LogP contribution < -0.4 is 0 Å². The summed E-state index contributed by atoms with van der Waals surface area (Å²) >= 11 is 0.395. The number of methoxy groups -OCH3 is 1. The third-order valence-electron chi connectivity index (χ3n) is 3.72. The molecule has 2 aliphatic rings. The average Bonchev–Trinajstić information content (AvgIpc) is 2.58. The van der Waals surface area contributed by atoms with Crippen LogP contribution in [0.3, 0.4) is 0 Å². The molecule has 0 aliphatic carbocycles. The van der Waals surface area contributed by atoms with E-state index in [2.05, 4.69) is 13.8 Å². The normalized spacial score (nSPS) is 49.6. The fraction of sp³-hybridized carbons (Fsp3) is 1.00. The first-order valence-corrected chi connectivity index (χ1v) is 7.34. The Morgan fingerprint density at radius 3 is 2.87 bits per heavy atom. The van der Waals surface area contributed by atoms with Gasteiger partial charge in [0, 0.05) is 0 Å².